The lowest BCUT2D eigenvalue weighted by Gasteiger charge is -2.28. The second-order valence-electron chi connectivity index (χ2n) is 6.80. The topological polar surface area (TPSA) is 58.1 Å². The van der Waals surface area contributed by atoms with Crippen LogP contribution in [0.5, 0.6) is 0 Å². The molecule has 0 aliphatic carbocycles. The van der Waals surface area contributed by atoms with Gasteiger partial charge in [-0.15, -0.1) is 0 Å². The van der Waals surface area contributed by atoms with Crippen molar-refractivity contribution >= 4 is 17.4 Å². The first-order valence-electron chi connectivity index (χ1n) is 9.16. The molecule has 6 heteroatoms. The summed E-state index contributed by atoms with van der Waals surface area (Å²) in [5.41, 5.74) is 1.46. The summed E-state index contributed by atoms with van der Waals surface area (Å²) in [4.78, 5) is 23.5. The maximum absolute atomic E-state index is 13.8. The number of aromatic nitrogens is 2. The van der Waals surface area contributed by atoms with E-state index in [1.54, 1.807) is 25.1 Å². The minimum Gasteiger partial charge on any atom is -0.350 e. The molecule has 0 bridgehead atoms. The highest BCUT2D eigenvalue weighted by Crippen LogP contribution is 2.20. The van der Waals surface area contributed by atoms with Crippen molar-refractivity contribution in [3.8, 4) is 0 Å². The molecule has 0 spiro atoms. The molecule has 0 fully saturated rings. The fourth-order valence-corrected chi connectivity index (χ4v) is 2.87. The van der Waals surface area contributed by atoms with Crippen LogP contribution >= 0.6 is 0 Å². The molecular weight excluding hydrogens is 355 g/mol. The van der Waals surface area contributed by atoms with E-state index in [-0.39, 0.29) is 17.4 Å². The molecule has 0 atom stereocenters. The lowest BCUT2D eigenvalue weighted by atomic mass is 10.2. The van der Waals surface area contributed by atoms with Crippen molar-refractivity contribution in [1.82, 2.24) is 9.97 Å². The Morgan fingerprint density at radius 3 is 2.43 bits per heavy atom. The third-order valence-electron chi connectivity index (χ3n) is 4.29. The maximum atomic E-state index is 13.8. The van der Waals surface area contributed by atoms with E-state index in [1.807, 2.05) is 18.2 Å². The molecule has 2 aromatic carbocycles. The van der Waals surface area contributed by atoms with Gasteiger partial charge in [0.15, 0.2) is 0 Å². The van der Waals surface area contributed by atoms with Crippen molar-refractivity contribution in [2.75, 3.05) is 10.2 Å². The highest BCUT2D eigenvalue weighted by molar-refractivity contribution is 6.03. The van der Waals surface area contributed by atoms with Crippen LogP contribution in [-0.2, 0) is 6.54 Å². The van der Waals surface area contributed by atoms with E-state index in [1.165, 1.54) is 12.1 Å². The number of nitrogens with one attached hydrogen (secondary N) is 1. The van der Waals surface area contributed by atoms with Crippen LogP contribution < -0.4 is 10.2 Å². The van der Waals surface area contributed by atoms with Crippen molar-refractivity contribution in [1.29, 1.82) is 0 Å². The summed E-state index contributed by atoms with van der Waals surface area (Å²) in [6.07, 6.45) is 0. The fraction of sp³-hybridized carbons (Fsp3) is 0.227. The number of aryl methyl sites for hydroxylation is 1. The molecule has 1 heterocycles. The zero-order valence-electron chi connectivity index (χ0n) is 16.2. The summed E-state index contributed by atoms with van der Waals surface area (Å²) in [6, 6.07) is 17.9. The van der Waals surface area contributed by atoms with Crippen molar-refractivity contribution in [2.24, 2.45) is 0 Å². The Morgan fingerprint density at radius 2 is 1.75 bits per heavy atom. The Hall–Kier alpha value is -3.28. The number of nitrogens with zero attached hydrogens (tertiary/aromatic N) is 3. The lowest BCUT2D eigenvalue weighted by Crippen LogP contribution is -2.31. The summed E-state index contributed by atoms with van der Waals surface area (Å²) in [7, 11) is 0. The zero-order valence-corrected chi connectivity index (χ0v) is 16.2. The lowest BCUT2D eigenvalue weighted by molar-refractivity contribution is 0.102. The van der Waals surface area contributed by atoms with Crippen LogP contribution in [0.25, 0.3) is 0 Å². The van der Waals surface area contributed by atoms with Crippen molar-refractivity contribution in [3.63, 3.8) is 0 Å². The molecule has 3 rings (SSSR count). The number of rotatable bonds is 6. The summed E-state index contributed by atoms with van der Waals surface area (Å²) in [5, 5.41) is 2.58. The van der Waals surface area contributed by atoms with Gasteiger partial charge in [-0.2, -0.15) is 0 Å². The number of carbonyl (C=O) groups is 1. The second kappa shape index (κ2) is 8.61. The molecule has 0 aliphatic heterocycles. The average Bonchev–Trinajstić information content (AvgIpc) is 2.68. The van der Waals surface area contributed by atoms with E-state index in [0.717, 1.165) is 5.56 Å². The number of hydrogen-bond acceptors (Lipinski definition) is 4. The molecule has 0 saturated heterocycles. The normalized spacial score (nSPS) is 10.8. The van der Waals surface area contributed by atoms with Crippen LogP contribution in [0, 0.1) is 12.7 Å². The van der Waals surface area contributed by atoms with Crippen molar-refractivity contribution < 1.29 is 9.18 Å². The van der Waals surface area contributed by atoms with Crippen LogP contribution in [0.2, 0.25) is 0 Å². The summed E-state index contributed by atoms with van der Waals surface area (Å²) < 4.78 is 13.8. The van der Waals surface area contributed by atoms with E-state index in [9.17, 15) is 9.18 Å². The summed E-state index contributed by atoms with van der Waals surface area (Å²) in [5.74, 6) is 0.176. The number of anilines is 2. The smallest absolute Gasteiger partial charge is 0.274 e. The molecule has 0 aliphatic rings. The SMILES string of the molecule is Cc1nc(C(=O)Nc2ccccc2F)cc(N(Cc2ccccc2)C(C)C)n1. The van der Waals surface area contributed by atoms with E-state index in [0.29, 0.717) is 18.2 Å². The van der Waals surface area contributed by atoms with Gasteiger partial charge in [-0.25, -0.2) is 14.4 Å². The van der Waals surface area contributed by atoms with Crippen LogP contribution in [0.3, 0.4) is 0 Å². The molecule has 1 aromatic heterocycles. The number of halogens is 1. The molecule has 28 heavy (non-hydrogen) atoms. The Labute approximate surface area is 164 Å². The van der Waals surface area contributed by atoms with Crippen molar-refractivity contribution in [2.45, 2.75) is 33.4 Å². The van der Waals surface area contributed by atoms with Crippen LogP contribution in [0.1, 0.15) is 35.7 Å². The monoisotopic (exact) mass is 378 g/mol. The van der Waals surface area contributed by atoms with Gasteiger partial charge in [0.05, 0.1) is 5.69 Å². The van der Waals surface area contributed by atoms with E-state index in [4.69, 9.17) is 0 Å². The molecular formula is C22H23FN4O. The molecule has 1 N–H and O–H groups in total. The summed E-state index contributed by atoms with van der Waals surface area (Å²) >= 11 is 0. The van der Waals surface area contributed by atoms with Gasteiger partial charge < -0.3 is 10.2 Å². The standard InChI is InChI=1S/C22H23FN4O/c1-15(2)27(14-17-9-5-4-6-10-17)21-13-20(24-16(3)25-21)22(28)26-19-12-8-7-11-18(19)23/h4-13,15H,14H2,1-3H3,(H,26,28). The number of carbonyl (C=O) groups excluding carboxylic acids is 1. The van der Waals surface area contributed by atoms with Gasteiger partial charge >= 0.3 is 0 Å². The molecule has 5 nitrogen and oxygen atoms in total. The summed E-state index contributed by atoms with van der Waals surface area (Å²) in [6.45, 7) is 6.53. The Balaban J connectivity index is 1.88. The molecule has 0 radical (unpaired) electrons. The van der Waals surface area contributed by atoms with Crippen LogP contribution in [0.4, 0.5) is 15.9 Å². The number of para-hydroxylation sites is 1. The predicted octanol–water partition coefficient (Wildman–Crippen LogP) is 4.59. The quantitative estimate of drug-likeness (QED) is 0.681. The first kappa shape index (κ1) is 19.5. The van der Waals surface area contributed by atoms with Crippen molar-refractivity contribution in [3.05, 3.63) is 83.6 Å². The largest absolute Gasteiger partial charge is 0.350 e. The van der Waals surface area contributed by atoms with E-state index >= 15 is 0 Å². The third kappa shape index (κ3) is 4.71. The van der Waals surface area contributed by atoms with E-state index in [2.05, 4.69) is 46.2 Å². The number of hydrogen-bond donors (Lipinski definition) is 1. The highest BCUT2D eigenvalue weighted by Gasteiger charge is 2.18. The van der Waals surface area contributed by atoms with Gasteiger partial charge in [0.2, 0.25) is 0 Å². The fourth-order valence-electron chi connectivity index (χ4n) is 2.87. The number of benzene rings is 2. The number of amides is 1. The van der Waals surface area contributed by atoms with Gasteiger partial charge in [-0.05, 0) is 38.5 Å². The Bertz CT molecular complexity index is 960. The Morgan fingerprint density at radius 1 is 1.07 bits per heavy atom. The minimum atomic E-state index is -0.491. The van der Waals surface area contributed by atoms with Crippen LogP contribution in [0.15, 0.2) is 60.7 Å². The van der Waals surface area contributed by atoms with Gasteiger partial charge in [0.1, 0.15) is 23.2 Å². The molecule has 0 saturated carbocycles. The minimum absolute atomic E-state index is 0.121. The van der Waals surface area contributed by atoms with Crippen LogP contribution in [-0.4, -0.2) is 21.9 Å². The molecule has 1 amide bonds. The first-order valence-corrected chi connectivity index (χ1v) is 9.16. The van der Waals surface area contributed by atoms with E-state index < -0.39 is 11.7 Å². The second-order valence-corrected chi connectivity index (χ2v) is 6.80. The first-order chi connectivity index (χ1) is 13.4. The average molecular weight is 378 g/mol. The molecule has 144 valence electrons. The third-order valence-corrected chi connectivity index (χ3v) is 4.29. The Kier molecular flexibility index (Phi) is 5.99. The van der Waals surface area contributed by atoms with Gasteiger partial charge in [-0.1, -0.05) is 42.5 Å². The highest BCUT2D eigenvalue weighted by atomic mass is 19.1. The van der Waals surface area contributed by atoms with Gasteiger partial charge in [0, 0.05) is 18.7 Å². The maximum Gasteiger partial charge on any atom is 0.274 e. The molecule has 3 aromatic rings. The van der Waals surface area contributed by atoms with Gasteiger partial charge in [-0.3, -0.25) is 4.79 Å². The molecule has 0 unspecified atom stereocenters. The predicted molar refractivity (Wildman–Crippen MR) is 109 cm³/mol. The van der Waals surface area contributed by atoms with Gasteiger partial charge in [0.25, 0.3) is 5.91 Å². The zero-order chi connectivity index (χ0) is 20.1.